The lowest BCUT2D eigenvalue weighted by Crippen LogP contribution is -2.13. The molecule has 0 aromatic carbocycles. The van der Waals surface area contributed by atoms with E-state index in [4.69, 9.17) is 0 Å². The molecule has 0 fully saturated rings. The van der Waals surface area contributed by atoms with E-state index in [0.717, 1.165) is 6.20 Å². The van der Waals surface area contributed by atoms with Crippen molar-refractivity contribution in [2.24, 2.45) is 5.41 Å². The van der Waals surface area contributed by atoms with Gasteiger partial charge in [-0.3, -0.25) is 4.98 Å². The van der Waals surface area contributed by atoms with Crippen molar-refractivity contribution in [3.05, 3.63) is 23.8 Å². The van der Waals surface area contributed by atoms with Crippen molar-refractivity contribution in [1.29, 1.82) is 0 Å². The van der Waals surface area contributed by atoms with E-state index in [2.05, 4.69) is 9.97 Å². The van der Waals surface area contributed by atoms with Gasteiger partial charge in [-0.25, -0.2) is 4.98 Å². The van der Waals surface area contributed by atoms with Gasteiger partial charge in [0, 0.05) is 6.20 Å². The van der Waals surface area contributed by atoms with E-state index < -0.39 is 11.9 Å². The molecule has 0 radical (unpaired) electrons. The van der Waals surface area contributed by atoms with Gasteiger partial charge in [-0.2, -0.15) is 13.2 Å². The van der Waals surface area contributed by atoms with Crippen LogP contribution in [0, 0.1) is 5.41 Å². The largest absolute Gasteiger partial charge is 0.434 e. The first kappa shape index (κ1) is 11.9. The second-order valence-corrected chi connectivity index (χ2v) is 4.63. The highest BCUT2D eigenvalue weighted by molar-refractivity contribution is 5.06. The number of halogens is 3. The Bertz CT molecular complexity index is 322. The highest BCUT2D eigenvalue weighted by atomic mass is 19.4. The average Bonchev–Trinajstić information content (AvgIpc) is 2.00. The number of rotatable bonds is 1. The third-order valence-corrected chi connectivity index (χ3v) is 1.71. The number of aromatic nitrogens is 2. The van der Waals surface area contributed by atoms with Gasteiger partial charge in [-0.15, -0.1) is 0 Å². The van der Waals surface area contributed by atoms with E-state index in [1.807, 2.05) is 20.8 Å². The van der Waals surface area contributed by atoms with Gasteiger partial charge in [0.1, 0.15) is 0 Å². The molecule has 0 saturated heterocycles. The van der Waals surface area contributed by atoms with Crippen LogP contribution in [-0.4, -0.2) is 9.97 Å². The first-order valence-electron chi connectivity index (χ1n) is 4.57. The molecule has 84 valence electrons. The van der Waals surface area contributed by atoms with Crippen molar-refractivity contribution in [3.8, 4) is 0 Å². The summed E-state index contributed by atoms with van der Waals surface area (Å²) in [5, 5.41) is 0. The number of hydrogen-bond donors (Lipinski definition) is 0. The van der Waals surface area contributed by atoms with Gasteiger partial charge in [0.2, 0.25) is 0 Å². The van der Waals surface area contributed by atoms with Crippen molar-refractivity contribution in [2.75, 3.05) is 0 Å². The van der Waals surface area contributed by atoms with Crippen LogP contribution in [0.15, 0.2) is 12.4 Å². The van der Waals surface area contributed by atoms with Crippen molar-refractivity contribution in [2.45, 2.75) is 33.4 Å². The molecule has 5 heteroatoms. The fraction of sp³-hybridized carbons (Fsp3) is 0.600. The predicted octanol–water partition coefficient (Wildman–Crippen LogP) is 3.08. The number of hydrogen-bond acceptors (Lipinski definition) is 2. The fourth-order valence-corrected chi connectivity index (χ4v) is 1.14. The Hall–Kier alpha value is -1.13. The highest BCUT2D eigenvalue weighted by Crippen LogP contribution is 2.27. The van der Waals surface area contributed by atoms with E-state index >= 15 is 0 Å². The van der Waals surface area contributed by atoms with Crippen LogP contribution in [0.25, 0.3) is 0 Å². The molecule has 1 aromatic heterocycles. The third-order valence-electron chi connectivity index (χ3n) is 1.71. The molecule has 15 heavy (non-hydrogen) atoms. The Labute approximate surface area is 86.6 Å². The molecule has 0 atom stereocenters. The van der Waals surface area contributed by atoms with Crippen LogP contribution >= 0.6 is 0 Å². The summed E-state index contributed by atoms with van der Waals surface area (Å²) in [6, 6.07) is 0. The monoisotopic (exact) mass is 218 g/mol. The molecule has 0 aliphatic carbocycles. The molecule has 1 rings (SSSR count). The van der Waals surface area contributed by atoms with Gasteiger partial charge in [0.25, 0.3) is 0 Å². The van der Waals surface area contributed by atoms with E-state index in [1.165, 1.54) is 6.20 Å². The molecular formula is C10H13F3N2. The lowest BCUT2D eigenvalue weighted by molar-refractivity contribution is -0.141. The van der Waals surface area contributed by atoms with Crippen LogP contribution in [-0.2, 0) is 12.6 Å². The van der Waals surface area contributed by atoms with Gasteiger partial charge >= 0.3 is 6.18 Å². The Morgan fingerprint density at radius 2 is 1.67 bits per heavy atom. The zero-order valence-electron chi connectivity index (χ0n) is 8.89. The molecule has 0 N–H and O–H groups in total. The first-order valence-corrected chi connectivity index (χ1v) is 4.57. The van der Waals surface area contributed by atoms with Gasteiger partial charge < -0.3 is 0 Å². The van der Waals surface area contributed by atoms with Crippen molar-refractivity contribution < 1.29 is 13.2 Å². The summed E-state index contributed by atoms with van der Waals surface area (Å²) in [4.78, 5) is 7.09. The van der Waals surface area contributed by atoms with E-state index in [1.54, 1.807) is 0 Å². The lowest BCUT2D eigenvalue weighted by atomic mass is 9.91. The number of nitrogens with zero attached hydrogens (tertiary/aromatic N) is 2. The summed E-state index contributed by atoms with van der Waals surface area (Å²) in [7, 11) is 0. The molecule has 1 heterocycles. The molecule has 0 saturated carbocycles. The predicted molar refractivity (Wildman–Crippen MR) is 50.2 cm³/mol. The van der Waals surface area contributed by atoms with Crippen LogP contribution in [0.5, 0.6) is 0 Å². The summed E-state index contributed by atoms with van der Waals surface area (Å²) in [6.45, 7) is 5.98. The molecule has 0 amide bonds. The Kier molecular flexibility index (Phi) is 3.02. The molecule has 0 bridgehead atoms. The first-order chi connectivity index (χ1) is 6.68. The Balaban J connectivity index is 2.82. The van der Waals surface area contributed by atoms with Gasteiger partial charge in [0.05, 0.1) is 11.9 Å². The second-order valence-electron chi connectivity index (χ2n) is 4.63. The fourth-order valence-electron chi connectivity index (χ4n) is 1.14. The summed E-state index contributed by atoms with van der Waals surface area (Å²) >= 11 is 0. The lowest BCUT2D eigenvalue weighted by Gasteiger charge is -2.17. The maximum atomic E-state index is 12.2. The van der Waals surface area contributed by atoms with E-state index in [0.29, 0.717) is 12.1 Å². The third kappa shape index (κ3) is 3.85. The van der Waals surface area contributed by atoms with E-state index in [-0.39, 0.29) is 5.41 Å². The van der Waals surface area contributed by atoms with Crippen LogP contribution in [0.1, 0.15) is 32.2 Å². The summed E-state index contributed by atoms with van der Waals surface area (Å²) in [5.41, 5.74) is -0.371. The molecule has 1 aromatic rings. The van der Waals surface area contributed by atoms with Crippen molar-refractivity contribution in [1.82, 2.24) is 9.97 Å². The molecule has 2 nitrogen and oxygen atoms in total. The van der Waals surface area contributed by atoms with Gasteiger partial charge in [-0.1, -0.05) is 20.8 Å². The average molecular weight is 218 g/mol. The Morgan fingerprint density at radius 1 is 1.07 bits per heavy atom. The van der Waals surface area contributed by atoms with Crippen LogP contribution in [0.2, 0.25) is 0 Å². The summed E-state index contributed by atoms with van der Waals surface area (Å²) in [5.74, 6) is 0. The smallest absolute Gasteiger partial charge is 0.257 e. The molecular weight excluding hydrogens is 205 g/mol. The van der Waals surface area contributed by atoms with E-state index in [9.17, 15) is 13.2 Å². The van der Waals surface area contributed by atoms with Crippen molar-refractivity contribution >= 4 is 0 Å². The topological polar surface area (TPSA) is 25.8 Å². The standard InChI is InChI=1S/C10H13F3N2/c1-9(2,3)4-7-5-15-8(6-14-7)10(11,12)13/h5-6H,4H2,1-3H3. The maximum absolute atomic E-state index is 12.2. The molecule has 0 unspecified atom stereocenters. The van der Waals surface area contributed by atoms with Gasteiger partial charge in [-0.05, 0) is 11.8 Å². The normalized spacial score (nSPS) is 12.9. The summed E-state index contributed by atoms with van der Waals surface area (Å²) in [6.07, 6.45) is -1.83. The minimum Gasteiger partial charge on any atom is -0.257 e. The van der Waals surface area contributed by atoms with Crippen LogP contribution < -0.4 is 0 Å². The summed E-state index contributed by atoms with van der Waals surface area (Å²) < 4.78 is 36.5. The minimum absolute atomic E-state index is 0.00553. The highest BCUT2D eigenvalue weighted by Gasteiger charge is 2.32. The SMILES string of the molecule is CC(C)(C)Cc1cnc(C(F)(F)F)cn1. The molecule has 0 spiro atoms. The minimum atomic E-state index is -4.41. The second kappa shape index (κ2) is 3.79. The zero-order chi connectivity index (χ0) is 11.7. The quantitative estimate of drug-likeness (QED) is 0.723. The maximum Gasteiger partial charge on any atom is 0.434 e. The Morgan fingerprint density at radius 3 is 2.00 bits per heavy atom. The van der Waals surface area contributed by atoms with Crippen LogP contribution in [0.4, 0.5) is 13.2 Å². The zero-order valence-corrected chi connectivity index (χ0v) is 8.89. The molecule has 0 aliphatic rings. The van der Waals surface area contributed by atoms with Crippen molar-refractivity contribution in [3.63, 3.8) is 0 Å². The number of alkyl halides is 3. The van der Waals surface area contributed by atoms with Crippen LogP contribution in [0.3, 0.4) is 0 Å². The van der Waals surface area contributed by atoms with Gasteiger partial charge in [0.15, 0.2) is 5.69 Å². The molecule has 0 aliphatic heterocycles.